The minimum Gasteiger partial charge on any atom is -0.299 e. The zero-order valence-corrected chi connectivity index (χ0v) is 17.9. The van der Waals surface area contributed by atoms with Crippen LogP contribution in [0.1, 0.15) is 12.5 Å². The summed E-state index contributed by atoms with van der Waals surface area (Å²) in [5.41, 5.74) is 1.74. The van der Waals surface area contributed by atoms with Gasteiger partial charge in [-0.1, -0.05) is 41.2 Å². The van der Waals surface area contributed by atoms with E-state index in [1.807, 2.05) is 31.2 Å². The number of carbonyl (C=O) groups is 1. The molecule has 0 fully saturated rings. The number of aryl methyl sites for hydroxylation is 1. The Kier molecular flexibility index (Phi) is 6.13. The summed E-state index contributed by atoms with van der Waals surface area (Å²) in [4.78, 5) is 12.7. The Morgan fingerprint density at radius 3 is 2.37 bits per heavy atom. The number of anilines is 2. The van der Waals surface area contributed by atoms with E-state index in [1.165, 1.54) is 6.92 Å². The van der Waals surface area contributed by atoms with E-state index in [-0.39, 0.29) is 10.8 Å². The van der Waals surface area contributed by atoms with E-state index in [0.717, 1.165) is 46.9 Å². The summed E-state index contributed by atoms with van der Waals surface area (Å²) in [5, 5.41) is 11.2. The highest BCUT2D eigenvalue weighted by atomic mass is 32.2. The molecule has 0 bridgehead atoms. The molecule has 158 valence electrons. The lowest BCUT2D eigenvalue weighted by atomic mass is 10.2. The average Bonchev–Trinajstić information content (AvgIpc) is 3.12. The van der Waals surface area contributed by atoms with Crippen LogP contribution in [0.5, 0.6) is 0 Å². The summed E-state index contributed by atoms with van der Waals surface area (Å²) in [7, 11) is -3.98. The van der Waals surface area contributed by atoms with E-state index < -0.39 is 33.6 Å². The van der Waals surface area contributed by atoms with Gasteiger partial charge in [0, 0.05) is 11.6 Å². The van der Waals surface area contributed by atoms with Crippen LogP contribution in [0, 0.1) is 18.6 Å². The fourth-order valence-electron chi connectivity index (χ4n) is 2.73. The number of aromatic nitrogens is 2. The molecule has 1 heterocycles. The number of nitrogens with zero attached hydrogens (tertiary/aromatic N) is 3. The molecule has 0 saturated carbocycles. The summed E-state index contributed by atoms with van der Waals surface area (Å²) >= 11 is 1.13. The van der Waals surface area contributed by atoms with Crippen molar-refractivity contribution in [2.24, 2.45) is 0 Å². The van der Waals surface area contributed by atoms with Gasteiger partial charge in [0.2, 0.25) is 21.1 Å². The first-order valence-electron chi connectivity index (χ1n) is 8.72. The van der Waals surface area contributed by atoms with Crippen LogP contribution in [-0.4, -0.2) is 36.8 Å². The molecule has 0 radical (unpaired) electrons. The first-order valence-corrected chi connectivity index (χ1v) is 11.4. The predicted molar refractivity (Wildman–Crippen MR) is 112 cm³/mol. The average molecular weight is 453 g/mol. The summed E-state index contributed by atoms with van der Waals surface area (Å²) in [6.45, 7) is 3.29. The van der Waals surface area contributed by atoms with Crippen molar-refractivity contribution >= 4 is 38.1 Å². The Balaban J connectivity index is 1.82. The highest BCUT2D eigenvalue weighted by molar-refractivity contribution is 7.92. The Labute approximate surface area is 176 Å². The normalized spacial score (nSPS) is 12.4. The third-order valence-electron chi connectivity index (χ3n) is 4.20. The molecule has 30 heavy (non-hydrogen) atoms. The van der Waals surface area contributed by atoms with Crippen molar-refractivity contribution in [3.05, 3.63) is 59.7 Å². The molecule has 3 rings (SSSR count). The molecule has 0 aliphatic carbocycles. The lowest BCUT2D eigenvalue weighted by molar-refractivity contribution is -0.116. The molecule has 0 saturated heterocycles. The van der Waals surface area contributed by atoms with Gasteiger partial charge in [-0.15, -0.1) is 10.2 Å². The third kappa shape index (κ3) is 4.79. The van der Waals surface area contributed by atoms with E-state index in [2.05, 4.69) is 15.5 Å². The summed E-state index contributed by atoms with van der Waals surface area (Å²) in [6.07, 6.45) is 0.873. The number of hydrogen-bond acceptors (Lipinski definition) is 6. The lowest BCUT2D eigenvalue weighted by Gasteiger charge is -2.27. The minimum absolute atomic E-state index is 0.170. The maximum atomic E-state index is 13.6. The molecule has 1 atom stereocenters. The number of sulfonamides is 1. The van der Waals surface area contributed by atoms with Gasteiger partial charge >= 0.3 is 0 Å². The van der Waals surface area contributed by atoms with Crippen molar-refractivity contribution < 1.29 is 22.0 Å². The fourth-order valence-corrected chi connectivity index (χ4v) is 4.65. The van der Waals surface area contributed by atoms with E-state index in [4.69, 9.17) is 0 Å². The molecule has 11 heteroatoms. The van der Waals surface area contributed by atoms with Gasteiger partial charge in [0.1, 0.15) is 11.0 Å². The first kappa shape index (κ1) is 21.8. The van der Waals surface area contributed by atoms with Gasteiger partial charge < -0.3 is 0 Å². The van der Waals surface area contributed by atoms with Crippen LogP contribution in [0.2, 0.25) is 0 Å². The van der Waals surface area contributed by atoms with Crippen LogP contribution in [0.4, 0.5) is 19.6 Å². The second-order valence-corrected chi connectivity index (χ2v) is 9.44. The van der Waals surface area contributed by atoms with Crippen LogP contribution >= 0.6 is 11.3 Å². The molecule has 0 aliphatic rings. The van der Waals surface area contributed by atoms with Gasteiger partial charge in [0.25, 0.3) is 0 Å². The van der Waals surface area contributed by atoms with E-state index in [1.54, 1.807) is 0 Å². The maximum absolute atomic E-state index is 13.6. The van der Waals surface area contributed by atoms with Crippen molar-refractivity contribution in [1.29, 1.82) is 0 Å². The Morgan fingerprint density at radius 1 is 1.10 bits per heavy atom. The molecule has 0 aliphatic heterocycles. The number of rotatable bonds is 6. The second kappa shape index (κ2) is 8.44. The van der Waals surface area contributed by atoms with Gasteiger partial charge in [0.05, 0.1) is 11.9 Å². The molecule has 2 aromatic carbocycles. The van der Waals surface area contributed by atoms with Gasteiger partial charge in [0.15, 0.2) is 11.6 Å². The summed E-state index contributed by atoms with van der Waals surface area (Å²) in [6, 6.07) is 8.94. The highest BCUT2D eigenvalue weighted by Gasteiger charge is 2.30. The number of benzene rings is 2. The molecule has 1 N–H and O–H groups in total. The topological polar surface area (TPSA) is 92.3 Å². The maximum Gasteiger partial charge on any atom is 0.249 e. The first-order chi connectivity index (χ1) is 14.1. The van der Waals surface area contributed by atoms with E-state index >= 15 is 0 Å². The Bertz CT molecular complexity index is 1180. The molecule has 7 nitrogen and oxygen atoms in total. The molecule has 0 spiro atoms. The smallest absolute Gasteiger partial charge is 0.249 e. The molecule has 1 aromatic heterocycles. The van der Waals surface area contributed by atoms with Gasteiger partial charge in [-0.3, -0.25) is 14.4 Å². The van der Waals surface area contributed by atoms with Gasteiger partial charge in [-0.05, 0) is 26.0 Å². The number of amides is 1. The quantitative estimate of drug-likeness (QED) is 0.617. The Hall–Kier alpha value is -2.92. The molecule has 3 aromatic rings. The second-order valence-electron chi connectivity index (χ2n) is 6.60. The van der Waals surface area contributed by atoms with Crippen molar-refractivity contribution in [3.8, 4) is 10.6 Å². The zero-order chi connectivity index (χ0) is 22.1. The SMILES string of the molecule is Cc1ccc(-c2nnc(NC(=O)[C@@H](C)N(c3ccc(F)c(F)c3)S(C)(=O)=O)s2)cc1. The zero-order valence-electron chi connectivity index (χ0n) is 16.3. The number of halogens is 2. The number of carbonyl (C=O) groups excluding carboxylic acids is 1. The van der Waals surface area contributed by atoms with Crippen molar-refractivity contribution in [1.82, 2.24) is 10.2 Å². The van der Waals surface area contributed by atoms with Crippen LogP contribution in [0.25, 0.3) is 10.6 Å². The molecule has 0 unspecified atom stereocenters. The lowest BCUT2D eigenvalue weighted by Crippen LogP contribution is -2.45. The molecular formula is C19H18F2N4O3S2. The van der Waals surface area contributed by atoms with Crippen LogP contribution in [0.3, 0.4) is 0 Å². The van der Waals surface area contributed by atoms with Crippen molar-refractivity contribution in [2.45, 2.75) is 19.9 Å². The fraction of sp³-hybridized carbons (Fsp3) is 0.211. The number of hydrogen-bond donors (Lipinski definition) is 1. The standard InChI is InChI=1S/C19H18F2N4O3S2/c1-11-4-6-13(7-5-11)18-23-24-19(29-18)22-17(26)12(2)25(30(3,27)28)14-8-9-15(20)16(21)10-14/h4-10,12H,1-3H3,(H,22,24,26)/t12-/m1/s1. The van der Waals surface area contributed by atoms with E-state index in [0.29, 0.717) is 9.31 Å². The van der Waals surface area contributed by atoms with Crippen molar-refractivity contribution in [2.75, 3.05) is 15.9 Å². The Morgan fingerprint density at radius 2 is 1.77 bits per heavy atom. The van der Waals surface area contributed by atoms with Gasteiger partial charge in [-0.2, -0.15) is 0 Å². The molecular weight excluding hydrogens is 434 g/mol. The number of nitrogens with one attached hydrogen (secondary N) is 1. The summed E-state index contributed by atoms with van der Waals surface area (Å²) < 4.78 is 52.1. The van der Waals surface area contributed by atoms with Crippen molar-refractivity contribution in [3.63, 3.8) is 0 Å². The van der Waals surface area contributed by atoms with Crippen LogP contribution in [-0.2, 0) is 14.8 Å². The van der Waals surface area contributed by atoms with Crippen LogP contribution in [0.15, 0.2) is 42.5 Å². The van der Waals surface area contributed by atoms with Gasteiger partial charge in [-0.25, -0.2) is 17.2 Å². The van der Waals surface area contributed by atoms with Crippen LogP contribution < -0.4 is 9.62 Å². The summed E-state index contributed by atoms with van der Waals surface area (Å²) in [5.74, 6) is -3.04. The largest absolute Gasteiger partial charge is 0.299 e. The van der Waals surface area contributed by atoms with E-state index in [9.17, 15) is 22.0 Å². The molecule has 1 amide bonds. The third-order valence-corrected chi connectivity index (χ3v) is 6.33. The highest BCUT2D eigenvalue weighted by Crippen LogP contribution is 2.28. The monoisotopic (exact) mass is 452 g/mol. The minimum atomic E-state index is -3.98. The predicted octanol–water partition coefficient (Wildman–Crippen LogP) is 3.58.